The number of nitrogens with zero attached hydrogens (tertiary/aromatic N) is 2. The molecule has 0 spiro atoms. The molecule has 33 heavy (non-hydrogen) atoms. The van der Waals surface area contributed by atoms with E-state index in [1.165, 1.54) is 11.1 Å². The zero-order valence-electron chi connectivity index (χ0n) is 17.8. The molecular weight excluding hydrogens is 420 g/mol. The lowest BCUT2D eigenvalue weighted by Crippen LogP contribution is -2.31. The van der Waals surface area contributed by atoms with E-state index in [1.807, 2.05) is 12.1 Å². The number of imide groups is 1. The van der Waals surface area contributed by atoms with Crippen molar-refractivity contribution in [3.8, 4) is 0 Å². The SMILES string of the molecule is O=C(CCCN1C(=O)c2ccccc2C1=O)Nc1ccccc1CNC(=O)c1cccnc1. The summed E-state index contributed by atoms with van der Waals surface area (Å²) in [5.41, 5.74) is 2.59. The number of amides is 4. The van der Waals surface area contributed by atoms with Gasteiger partial charge in [0.05, 0.1) is 16.7 Å². The summed E-state index contributed by atoms with van der Waals surface area (Å²) >= 11 is 0. The van der Waals surface area contributed by atoms with Crippen LogP contribution < -0.4 is 10.6 Å². The number of fused-ring (bicyclic) bond motifs is 1. The minimum absolute atomic E-state index is 0.143. The second kappa shape index (κ2) is 9.86. The molecule has 1 aliphatic rings. The third kappa shape index (κ3) is 4.95. The Morgan fingerprint density at radius 2 is 1.58 bits per heavy atom. The van der Waals surface area contributed by atoms with Gasteiger partial charge >= 0.3 is 0 Å². The normalized spacial score (nSPS) is 12.4. The van der Waals surface area contributed by atoms with E-state index in [9.17, 15) is 19.2 Å². The first-order valence-corrected chi connectivity index (χ1v) is 10.6. The van der Waals surface area contributed by atoms with E-state index >= 15 is 0 Å². The first kappa shape index (κ1) is 21.9. The molecule has 8 nitrogen and oxygen atoms in total. The standard InChI is InChI=1S/C25H22N4O4/c30-22(12-6-14-29-24(32)19-9-2-3-10-20(19)25(29)33)28-21-11-4-1-7-17(21)16-27-23(31)18-8-5-13-26-15-18/h1-5,7-11,13,15H,6,12,14,16H2,(H,27,31)(H,28,30). The third-order valence-electron chi connectivity index (χ3n) is 5.32. The van der Waals surface area contributed by atoms with Gasteiger partial charge in [0, 0.05) is 37.6 Å². The summed E-state index contributed by atoms with van der Waals surface area (Å²) in [6, 6.07) is 17.2. The summed E-state index contributed by atoms with van der Waals surface area (Å²) in [5, 5.41) is 5.66. The summed E-state index contributed by atoms with van der Waals surface area (Å²) in [6.07, 6.45) is 3.56. The summed E-state index contributed by atoms with van der Waals surface area (Å²) in [5.74, 6) is -1.15. The number of carbonyl (C=O) groups is 4. The van der Waals surface area contributed by atoms with Gasteiger partial charge in [0.15, 0.2) is 0 Å². The Bertz CT molecular complexity index is 1170. The molecule has 4 amide bonds. The lowest BCUT2D eigenvalue weighted by atomic mass is 10.1. The maximum absolute atomic E-state index is 12.5. The second-order valence-corrected chi connectivity index (χ2v) is 7.54. The predicted molar refractivity (Wildman–Crippen MR) is 122 cm³/mol. The van der Waals surface area contributed by atoms with Gasteiger partial charge in [-0.1, -0.05) is 30.3 Å². The average Bonchev–Trinajstić information content (AvgIpc) is 3.09. The molecule has 2 N–H and O–H groups in total. The van der Waals surface area contributed by atoms with Crippen LogP contribution in [0.1, 0.15) is 49.5 Å². The Morgan fingerprint density at radius 3 is 2.27 bits per heavy atom. The number of rotatable bonds is 8. The molecule has 0 saturated heterocycles. The van der Waals surface area contributed by atoms with Crippen LogP contribution in [0, 0.1) is 0 Å². The van der Waals surface area contributed by atoms with Gasteiger partial charge in [0.1, 0.15) is 0 Å². The molecule has 0 fully saturated rings. The van der Waals surface area contributed by atoms with Crippen LogP contribution in [0.4, 0.5) is 5.69 Å². The van der Waals surface area contributed by atoms with Crippen molar-refractivity contribution in [2.75, 3.05) is 11.9 Å². The molecule has 0 atom stereocenters. The first-order chi connectivity index (χ1) is 16.0. The zero-order valence-corrected chi connectivity index (χ0v) is 17.8. The van der Waals surface area contributed by atoms with E-state index in [0.717, 1.165) is 5.56 Å². The van der Waals surface area contributed by atoms with E-state index in [0.29, 0.717) is 28.8 Å². The fourth-order valence-electron chi connectivity index (χ4n) is 3.62. The lowest BCUT2D eigenvalue weighted by molar-refractivity contribution is -0.116. The molecule has 2 aromatic carbocycles. The molecule has 1 aliphatic heterocycles. The minimum atomic E-state index is -0.328. The zero-order chi connectivity index (χ0) is 23.2. The second-order valence-electron chi connectivity index (χ2n) is 7.54. The summed E-state index contributed by atoms with van der Waals surface area (Å²) in [7, 11) is 0. The van der Waals surface area contributed by atoms with E-state index in [4.69, 9.17) is 0 Å². The van der Waals surface area contributed by atoms with Crippen LogP contribution in [0.5, 0.6) is 0 Å². The van der Waals surface area contributed by atoms with Crippen molar-refractivity contribution < 1.29 is 19.2 Å². The van der Waals surface area contributed by atoms with E-state index < -0.39 is 0 Å². The van der Waals surface area contributed by atoms with E-state index in [1.54, 1.807) is 54.7 Å². The molecule has 2 heterocycles. The number of para-hydroxylation sites is 1. The van der Waals surface area contributed by atoms with Gasteiger partial charge in [-0.2, -0.15) is 0 Å². The molecule has 0 bridgehead atoms. The monoisotopic (exact) mass is 442 g/mol. The maximum atomic E-state index is 12.5. The van der Waals surface area contributed by atoms with Crippen LogP contribution in [0.15, 0.2) is 73.1 Å². The highest BCUT2D eigenvalue weighted by Crippen LogP contribution is 2.23. The van der Waals surface area contributed by atoms with Gasteiger partial charge in [0.2, 0.25) is 5.91 Å². The molecule has 0 radical (unpaired) electrons. The summed E-state index contributed by atoms with van der Waals surface area (Å²) in [6.45, 7) is 0.405. The average molecular weight is 442 g/mol. The van der Waals surface area contributed by atoms with Gasteiger partial charge in [-0.25, -0.2) is 0 Å². The number of pyridine rings is 1. The van der Waals surface area contributed by atoms with Crippen LogP contribution in [-0.4, -0.2) is 40.1 Å². The van der Waals surface area contributed by atoms with Gasteiger partial charge in [-0.15, -0.1) is 0 Å². The van der Waals surface area contributed by atoms with Crippen LogP contribution >= 0.6 is 0 Å². The fourth-order valence-corrected chi connectivity index (χ4v) is 3.62. The van der Waals surface area contributed by atoms with Crippen LogP contribution in [-0.2, 0) is 11.3 Å². The smallest absolute Gasteiger partial charge is 0.261 e. The number of nitrogens with one attached hydrogen (secondary N) is 2. The highest BCUT2D eigenvalue weighted by atomic mass is 16.2. The van der Waals surface area contributed by atoms with Crippen LogP contribution in [0.2, 0.25) is 0 Å². The number of carbonyl (C=O) groups excluding carboxylic acids is 4. The molecule has 4 rings (SSSR count). The Labute approximate surface area is 190 Å². The van der Waals surface area contributed by atoms with Crippen molar-refractivity contribution in [2.24, 2.45) is 0 Å². The number of benzene rings is 2. The van der Waals surface area contributed by atoms with Crippen LogP contribution in [0.25, 0.3) is 0 Å². The largest absolute Gasteiger partial charge is 0.348 e. The Morgan fingerprint density at radius 1 is 0.879 bits per heavy atom. The highest BCUT2D eigenvalue weighted by molar-refractivity contribution is 6.21. The van der Waals surface area contributed by atoms with E-state index in [-0.39, 0.29) is 43.1 Å². The van der Waals surface area contributed by atoms with Gasteiger partial charge in [-0.05, 0) is 42.3 Å². The predicted octanol–water partition coefficient (Wildman–Crippen LogP) is 3.03. The molecule has 0 aliphatic carbocycles. The van der Waals surface area contributed by atoms with Crippen molar-refractivity contribution in [1.82, 2.24) is 15.2 Å². The molecule has 1 aromatic heterocycles. The Balaban J connectivity index is 1.29. The maximum Gasteiger partial charge on any atom is 0.261 e. The van der Waals surface area contributed by atoms with E-state index in [2.05, 4.69) is 15.6 Å². The van der Waals surface area contributed by atoms with Crippen molar-refractivity contribution in [1.29, 1.82) is 0 Å². The fraction of sp³-hybridized carbons (Fsp3) is 0.160. The summed E-state index contributed by atoms with van der Waals surface area (Å²) in [4.78, 5) is 54.7. The van der Waals surface area contributed by atoms with Gasteiger partial charge in [-0.3, -0.25) is 29.1 Å². The minimum Gasteiger partial charge on any atom is -0.348 e. The molecular formula is C25H22N4O4. The van der Waals surface area contributed by atoms with Crippen molar-refractivity contribution in [3.05, 3.63) is 95.3 Å². The Kier molecular flexibility index (Phi) is 6.54. The Hall–Kier alpha value is -4.33. The topological polar surface area (TPSA) is 108 Å². The molecule has 3 aromatic rings. The van der Waals surface area contributed by atoms with Gasteiger partial charge in [0.25, 0.3) is 17.7 Å². The number of hydrogen-bond donors (Lipinski definition) is 2. The van der Waals surface area contributed by atoms with Crippen LogP contribution in [0.3, 0.4) is 0 Å². The number of hydrogen-bond acceptors (Lipinski definition) is 5. The van der Waals surface area contributed by atoms with Gasteiger partial charge < -0.3 is 10.6 Å². The number of anilines is 1. The molecule has 0 unspecified atom stereocenters. The molecule has 166 valence electrons. The quantitative estimate of drug-likeness (QED) is 0.522. The highest BCUT2D eigenvalue weighted by Gasteiger charge is 2.34. The van der Waals surface area contributed by atoms with Crippen molar-refractivity contribution in [3.63, 3.8) is 0 Å². The third-order valence-corrected chi connectivity index (χ3v) is 5.32. The molecule has 0 saturated carbocycles. The van der Waals surface area contributed by atoms with Crippen molar-refractivity contribution >= 4 is 29.3 Å². The van der Waals surface area contributed by atoms with Crippen molar-refractivity contribution in [2.45, 2.75) is 19.4 Å². The molecule has 8 heteroatoms. The number of aromatic nitrogens is 1. The lowest BCUT2D eigenvalue weighted by Gasteiger charge is -2.14. The first-order valence-electron chi connectivity index (χ1n) is 10.6. The summed E-state index contributed by atoms with van der Waals surface area (Å²) < 4.78 is 0.